The van der Waals surface area contributed by atoms with Gasteiger partial charge >= 0.3 is 0 Å². The van der Waals surface area contributed by atoms with E-state index in [1.807, 2.05) is 62.4 Å². The van der Waals surface area contributed by atoms with Crippen molar-refractivity contribution in [2.24, 2.45) is 5.10 Å². The smallest absolute Gasteiger partial charge is 0.282 e. The summed E-state index contributed by atoms with van der Waals surface area (Å²) in [7, 11) is 0. The van der Waals surface area contributed by atoms with Crippen LogP contribution in [0.5, 0.6) is 11.5 Å². The van der Waals surface area contributed by atoms with Crippen molar-refractivity contribution in [2.45, 2.75) is 26.9 Å². The van der Waals surface area contributed by atoms with Gasteiger partial charge in [0.15, 0.2) is 11.5 Å². The molecule has 0 aliphatic rings. The SMILES string of the molecule is CCOc1cc(C=Nn2c(CC)nc3ccc(Br)cc3c2=O)c(Br)cc1OCc1ccc(Br)cc1. The zero-order chi connectivity index (χ0) is 24.9. The van der Waals surface area contributed by atoms with Crippen molar-refractivity contribution in [3.63, 3.8) is 0 Å². The van der Waals surface area contributed by atoms with Crippen molar-refractivity contribution in [3.8, 4) is 11.5 Å². The molecule has 1 aromatic heterocycles. The first kappa shape index (κ1) is 25.6. The van der Waals surface area contributed by atoms with Crippen LogP contribution in [0.2, 0.25) is 0 Å². The number of aromatic nitrogens is 2. The first-order chi connectivity index (χ1) is 16.9. The zero-order valence-electron chi connectivity index (χ0n) is 19.1. The fourth-order valence-electron chi connectivity index (χ4n) is 3.44. The first-order valence-electron chi connectivity index (χ1n) is 11.0. The molecule has 4 rings (SSSR count). The maximum atomic E-state index is 13.2. The molecule has 0 saturated heterocycles. The number of ether oxygens (including phenoxy) is 2. The molecule has 9 heteroatoms. The van der Waals surface area contributed by atoms with Gasteiger partial charge in [-0.05, 0) is 70.9 Å². The third-order valence-corrected chi connectivity index (χ3v) is 6.88. The molecular weight excluding hydrogens is 642 g/mol. The summed E-state index contributed by atoms with van der Waals surface area (Å²) in [4.78, 5) is 17.8. The van der Waals surface area contributed by atoms with Crippen LogP contribution < -0.4 is 15.0 Å². The van der Waals surface area contributed by atoms with Gasteiger partial charge in [0, 0.05) is 25.4 Å². The molecule has 0 aliphatic carbocycles. The number of aryl methyl sites for hydroxylation is 1. The predicted molar refractivity (Wildman–Crippen MR) is 150 cm³/mol. The van der Waals surface area contributed by atoms with Crippen molar-refractivity contribution in [2.75, 3.05) is 6.61 Å². The summed E-state index contributed by atoms with van der Waals surface area (Å²) in [6.45, 7) is 4.75. The van der Waals surface area contributed by atoms with E-state index in [1.165, 1.54) is 4.68 Å². The average Bonchev–Trinajstić information content (AvgIpc) is 2.85. The minimum Gasteiger partial charge on any atom is -0.490 e. The molecule has 180 valence electrons. The topological polar surface area (TPSA) is 65.7 Å². The molecule has 1 heterocycles. The minimum absolute atomic E-state index is 0.222. The second-order valence-corrected chi connectivity index (χ2v) is 10.3. The number of halogens is 3. The standard InChI is InChI=1S/C26H22Br3N3O3/c1-3-25-31-22-10-9-19(28)12-20(22)26(33)32(25)30-14-17-11-23(34-4-2)24(13-21(17)29)35-15-16-5-7-18(27)8-6-16/h5-14H,3-4,15H2,1-2H3. The average molecular weight is 664 g/mol. The van der Waals surface area contributed by atoms with Crippen LogP contribution in [-0.4, -0.2) is 22.5 Å². The van der Waals surface area contributed by atoms with Crippen LogP contribution in [0.25, 0.3) is 10.9 Å². The van der Waals surface area contributed by atoms with E-state index in [0.29, 0.717) is 47.9 Å². The Morgan fingerprint density at radius 3 is 2.37 bits per heavy atom. The number of rotatable bonds is 8. The lowest BCUT2D eigenvalue weighted by Crippen LogP contribution is -2.22. The molecule has 3 aromatic carbocycles. The van der Waals surface area contributed by atoms with Crippen LogP contribution in [0.4, 0.5) is 0 Å². The monoisotopic (exact) mass is 661 g/mol. The van der Waals surface area contributed by atoms with Gasteiger partial charge in [-0.2, -0.15) is 9.78 Å². The molecule has 0 fully saturated rings. The van der Waals surface area contributed by atoms with E-state index in [4.69, 9.17) is 9.47 Å². The summed E-state index contributed by atoms with van der Waals surface area (Å²) in [5, 5.41) is 4.99. The lowest BCUT2D eigenvalue weighted by molar-refractivity contribution is 0.269. The Labute approximate surface area is 228 Å². The van der Waals surface area contributed by atoms with Gasteiger partial charge < -0.3 is 9.47 Å². The highest BCUT2D eigenvalue weighted by molar-refractivity contribution is 9.11. The van der Waals surface area contributed by atoms with Crippen molar-refractivity contribution in [3.05, 3.63) is 95.3 Å². The first-order valence-corrected chi connectivity index (χ1v) is 13.4. The van der Waals surface area contributed by atoms with Crippen LogP contribution in [0.1, 0.15) is 30.8 Å². The molecule has 0 unspecified atom stereocenters. The molecule has 0 radical (unpaired) electrons. The fourth-order valence-corrected chi connectivity index (χ4v) is 4.49. The van der Waals surface area contributed by atoms with Gasteiger partial charge in [-0.1, -0.05) is 50.9 Å². The zero-order valence-corrected chi connectivity index (χ0v) is 23.9. The lowest BCUT2D eigenvalue weighted by atomic mass is 10.2. The Hall–Kier alpha value is -2.49. The Bertz CT molecular complexity index is 1450. The van der Waals surface area contributed by atoms with Crippen LogP contribution >= 0.6 is 47.8 Å². The van der Waals surface area contributed by atoms with Crippen LogP contribution in [0, 0.1) is 0 Å². The molecule has 0 bridgehead atoms. The van der Waals surface area contributed by atoms with Crippen molar-refractivity contribution >= 4 is 64.9 Å². The van der Waals surface area contributed by atoms with Crippen molar-refractivity contribution in [1.29, 1.82) is 0 Å². The molecule has 0 spiro atoms. The molecule has 4 aromatic rings. The molecule has 0 aliphatic heterocycles. The van der Waals surface area contributed by atoms with E-state index in [0.717, 1.165) is 24.5 Å². The summed E-state index contributed by atoms with van der Waals surface area (Å²) in [6, 6.07) is 17.1. The lowest BCUT2D eigenvalue weighted by Gasteiger charge is -2.14. The summed E-state index contributed by atoms with van der Waals surface area (Å²) in [6.07, 6.45) is 2.18. The van der Waals surface area contributed by atoms with Gasteiger partial charge in [0.1, 0.15) is 12.4 Å². The van der Waals surface area contributed by atoms with Gasteiger partial charge in [0.2, 0.25) is 0 Å². The third kappa shape index (κ3) is 6.02. The van der Waals surface area contributed by atoms with E-state index in [9.17, 15) is 4.79 Å². The number of benzene rings is 3. The summed E-state index contributed by atoms with van der Waals surface area (Å²) in [5.74, 6) is 1.79. The molecule has 0 amide bonds. The molecular formula is C26H22Br3N3O3. The highest BCUT2D eigenvalue weighted by Gasteiger charge is 2.13. The largest absolute Gasteiger partial charge is 0.490 e. The van der Waals surface area contributed by atoms with Crippen LogP contribution in [0.15, 0.2) is 77.9 Å². The number of fused-ring (bicyclic) bond motifs is 1. The predicted octanol–water partition coefficient (Wildman–Crippen LogP) is 7.11. The second kappa shape index (κ2) is 11.5. The second-order valence-electron chi connectivity index (χ2n) is 7.57. The van der Waals surface area contributed by atoms with E-state index in [2.05, 4.69) is 57.9 Å². The summed E-state index contributed by atoms with van der Waals surface area (Å²) < 4.78 is 15.8. The highest BCUT2D eigenvalue weighted by atomic mass is 79.9. The molecule has 0 atom stereocenters. The van der Waals surface area contributed by atoms with Crippen LogP contribution in [-0.2, 0) is 13.0 Å². The van der Waals surface area contributed by atoms with Gasteiger partial charge in [-0.15, -0.1) is 0 Å². The Morgan fingerprint density at radius 2 is 1.66 bits per heavy atom. The number of hydrogen-bond donors (Lipinski definition) is 0. The van der Waals surface area contributed by atoms with Gasteiger partial charge in [-0.25, -0.2) is 4.98 Å². The number of hydrogen-bond acceptors (Lipinski definition) is 5. The Kier molecular flexibility index (Phi) is 8.41. The van der Waals surface area contributed by atoms with Crippen molar-refractivity contribution < 1.29 is 9.47 Å². The van der Waals surface area contributed by atoms with Crippen LogP contribution in [0.3, 0.4) is 0 Å². The van der Waals surface area contributed by atoms with E-state index in [1.54, 1.807) is 12.3 Å². The number of nitrogens with zero attached hydrogens (tertiary/aromatic N) is 3. The molecule has 0 saturated carbocycles. The fraction of sp³-hybridized carbons (Fsp3) is 0.192. The van der Waals surface area contributed by atoms with Gasteiger partial charge in [-0.3, -0.25) is 4.79 Å². The maximum absolute atomic E-state index is 13.2. The Balaban J connectivity index is 1.67. The Morgan fingerprint density at radius 1 is 0.943 bits per heavy atom. The van der Waals surface area contributed by atoms with Gasteiger partial charge in [0.05, 0.1) is 23.7 Å². The summed E-state index contributed by atoms with van der Waals surface area (Å²) >= 11 is 10.5. The molecule has 0 N–H and O–H groups in total. The van der Waals surface area contributed by atoms with E-state index >= 15 is 0 Å². The maximum Gasteiger partial charge on any atom is 0.282 e. The minimum atomic E-state index is -0.222. The van der Waals surface area contributed by atoms with E-state index in [-0.39, 0.29) is 5.56 Å². The van der Waals surface area contributed by atoms with Gasteiger partial charge in [0.25, 0.3) is 5.56 Å². The highest BCUT2D eigenvalue weighted by Crippen LogP contribution is 2.34. The molecule has 35 heavy (non-hydrogen) atoms. The third-order valence-electron chi connectivity index (χ3n) is 5.17. The summed E-state index contributed by atoms with van der Waals surface area (Å²) in [5.41, 5.74) is 2.21. The molecule has 6 nitrogen and oxygen atoms in total. The van der Waals surface area contributed by atoms with E-state index < -0.39 is 0 Å². The quantitative estimate of drug-likeness (QED) is 0.189. The normalized spacial score (nSPS) is 11.3. The van der Waals surface area contributed by atoms with Crippen molar-refractivity contribution in [1.82, 2.24) is 9.66 Å².